The fourth-order valence-electron chi connectivity index (χ4n) is 2.55. The van der Waals surface area contributed by atoms with Crippen LogP contribution in [0, 0.1) is 6.92 Å². The van der Waals surface area contributed by atoms with Gasteiger partial charge in [-0.15, -0.1) is 0 Å². The van der Waals surface area contributed by atoms with Gasteiger partial charge in [0.05, 0.1) is 6.20 Å². The Hall–Kier alpha value is -0.870. The van der Waals surface area contributed by atoms with Gasteiger partial charge in [-0.2, -0.15) is 5.10 Å². The van der Waals surface area contributed by atoms with Crippen molar-refractivity contribution < 1.29 is 0 Å². The molecule has 0 aromatic carbocycles. The second-order valence-electron chi connectivity index (χ2n) is 4.97. The van der Waals surface area contributed by atoms with Crippen molar-refractivity contribution >= 4 is 0 Å². The fraction of sp³-hybridized carbons (Fsp3) is 0.750. The Labute approximate surface area is 97.2 Å². The minimum absolute atomic E-state index is 0.365. The van der Waals surface area contributed by atoms with Crippen LogP contribution in [0.25, 0.3) is 0 Å². The molecule has 1 saturated carbocycles. The molecule has 0 spiro atoms. The summed E-state index contributed by atoms with van der Waals surface area (Å²) in [6.07, 6.45) is 5.41. The van der Waals surface area contributed by atoms with E-state index in [1.165, 1.54) is 17.7 Å². The zero-order chi connectivity index (χ0) is 11.7. The van der Waals surface area contributed by atoms with Crippen molar-refractivity contribution in [1.29, 1.82) is 0 Å². The number of nitrogens with one attached hydrogen (secondary N) is 1. The number of rotatable bonds is 3. The third kappa shape index (κ3) is 2.28. The van der Waals surface area contributed by atoms with Crippen LogP contribution in [0.3, 0.4) is 0 Å². The summed E-state index contributed by atoms with van der Waals surface area (Å²) in [7, 11) is 1.98. The van der Waals surface area contributed by atoms with Gasteiger partial charge in [-0.1, -0.05) is 0 Å². The molecule has 3 atom stereocenters. The SMILES string of the molecule is Cc1c(C(C)NC2CCC(N)C2)cnn1C. The van der Waals surface area contributed by atoms with E-state index in [9.17, 15) is 0 Å². The van der Waals surface area contributed by atoms with Gasteiger partial charge >= 0.3 is 0 Å². The first-order valence-electron chi connectivity index (χ1n) is 6.08. The first kappa shape index (κ1) is 11.6. The predicted molar refractivity (Wildman–Crippen MR) is 65.1 cm³/mol. The molecule has 1 aromatic heterocycles. The summed E-state index contributed by atoms with van der Waals surface area (Å²) >= 11 is 0. The number of hydrogen-bond acceptors (Lipinski definition) is 3. The summed E-state index contributed by atoms with van der Waals surface area (Å²) in [5.74, 6) is 0. The van der Waals surface area contributed by atoms with Crippen LogP contribution in [0.2, 0.25) is 0 Å². The van der Waals surface area contributed by atoms with Gasteiger partial charge in [0.1, 0.15) is 0 Å². The predicted octanol–water partition coefficient (Wildman–Crippen LogP) is 1.26. The average molecular weight is 222 g/mol. The molecule has 1 aliphatic rings. The monoisotopic (exact) mass is 222 g/mol. The van der Waals surface area contributed by atoms with Crippen molar-refractivity contribution in [2.24, 2.45) is 12.8 Å². The Kier molecular flexibility index (Phi) is 3.30. The summed E-state index contributed by atoms with van der Waals surface area (Å²) in [4.78, 5) is 0. The molecule has 0 radical (unpaired) electrons. The highest BCUT2D eigenvalue weighted by Crippen LogP contribution is 2.22. The summed E-state index contributed by atoms with van der Waals surface area (Å²) in [5.41, 5.74) is 8.45. The third-order valence-electron chi connectivity index (χ3n) is 3.70. The summed E-state index contributed by atoms with van der Waals surface area (Å²) in [6.45, 7) is 4.31. The Morgan fingerprint density at radius 2 is 2.31 bits per heavy atom. The highest BCUT2D eigenvalue weighted by atomic mass is 15.3. The van der Waals surface area contributed by atoms with Gasteiger partial charge in [0, 0.05) is 36.4 Å². The van der Waals surface area contributed by atoms with Crippen molar-refractivity contribution in [3.63, 3.8) is 0 Å². The van der Waals surface area contributed by atoms with Crippen LogP contribution >= 0.6 is 0 Å². The van der Waals surface area contributed by atoms with E-state index >= 15 is 0 Å². The Morgan fingerprint density at radius 3 is 2.81 bits per heavy atom. The molecule has 16 heavy (non-hydrogen) atoms. The number of aromatic nitrogens is 2. The van der Waals surface area contributed by atoms with Crippen molar-refractivity contribution in [2.45, 2.75) is 51.2 Å². The van der Waals surface area contributed by atoms with Crippen LogP contribution in [0.15, 0.2) is 6.20 Å². The standard InChI is InChI=1S/C12H22N4/c1-8(12-7-14-16(3)9(12)2)15-11-5-4-10(13)6-11/h7-8,10-11,15H,4-6,13H2,1-3H3. The van der Waals surface area contributed by atoms with E-state index in [0.717, 1.165) is 12.8 Å². The maximum absolute atomic E-state index is 5.92. The van der Waals surface area contributed by atoms with E-state index in [2.05, 4.69) is 24.3 Å². The molecule has 0 aliphatic heterocycles. The lowest BCUT2D eigenvalue weighted by Crippen LogP contribution is -2.31. The molecule has 90 valence electrons. The smallest absolute Gasteiger partial charge is 0.0540 e. The van der Waals surface area contributed by atoms with Crippen molar-refractivity contribution in [1.82, 2.24) is 15.1 Å². The molecule has 1 fully saturated rings. The molecule has 0 saturated heterocycles. The topological polar surface area (TPSA) is 55.9 Å². The van der Waals surface area contributed by atoms with Crippen molar-refractivity contribution in [3.05, 3.63) is 17.5 Å². The van der Waals surface area contributed by atoms with Gasteiger partial charge in [-0.05, 0) is 33.1 Å². The molecule has 1 aliphatic carbocycles. The zero-order valence-corrected chi connectivity index (χ0v) is 10.4. The van der Waals surface area contributed by atoms with Crippen LogP contribution in [0.4, 0.5) is 0 Å². The van der Waals surface area contributed by atoms with E-state index in [1.807, 2.05) is 17.9 Å². The molecular formula is C12H22N4. The van der Waals surface area contributed by atoms with Crippen LogP contribution in [0.1, 0.15) is 43.5 Å². The summed E-state index contributed by atoms with van der Waals surface area (Å²) in [6, 6.07) is 1.33. The fourth-order valence-corrected chi connectivity index (χ4v) is 2.55. The van der Waals surface area contributed by atoms with Crippen LogP contribution in [0.5, 0.6) is 0 Å². The summed E-state index contributed by atoms with van der Waals surface area (Å²) in [5, 5.41) is 7.93. The van der Waals surface area contributed by atoms with Gasteiger partial charge in [-0.25, -0.2) is 0 Å². The van der Waals surface area contributed by atoms with Gasteiger partial charge in [-0.3, -0.25) is 4.68 Å². The number of nitrogens with zero attached hydrogens (tertiary/aromatic N) is 2. The molecule has 0 amide bonds. The molecule has 3 N–H and O–H groups in total. The average Bonchev–Trinajstić information content (AvgIpc) is 2.76. The highest BCUT2D eigenvalue weighted by molar-refractivity contribution is 5.19. The Bertz CT molecular complexity index is 358. The molecule has 1 heterocycles. The Morgan fingerprint density at radius 1 is 1.56 bits per heavy atom. The van der Waals surface area contributed by atoms with E-state index in [-0.39, 0.29) is 0 Å². The second-order valence-corrected chi connectivity index (χ2v) is 4.97. The minimum Gasteiger partial charge on any atom is -0.328 e. The second kappa shape index (κ2) is 4.55. The number of aryl methyl sites for hydroxylation is 1. The molecule has 3 unspecified atom stereocenters. The van der Waals surface area contributed by atoms with Gasteiger partial charge in [0.2, 0.25) is 0 Å². The van der Waals surface area contributed by atoms with Gasteiger partial charge < -0.3 is 11.1 Å². The normalized spacial score (nSPS) is 27.2. The number of nitrogens with two attached hydrogens (primary N) is 1. The third-order valence-corrected chi connectivity index (χ3v) is 3.70. The number of hydrogen-bond donors (Lipinski definition) is 2. The molecule has 2 rings (SSSR count). The highest BCUT2D eigenvalue weighted by Gasteiger charge is 2.24. The lowest BCUT2D eigenvalue weighted by Gasteiger charge is -2.19. The van der Waals surface area contributed by atoms with Crippen molar-refractivity contribution in [2.75, 3.05) is 0 Å². The van der Waals surface area contributed by atoms with Crippen LogP contribution in [-0.4, -0.2) is 21.9 Å². The maximum Gasteiger partial charge on any atom is 0.0540 e. The zero-order valence-electron chi connectivity index (χ0n) is 10.4. The first-order chi connectivity index (χ1) is 7.58. The lowest BCUT2D eigenvalue weighted by molar-refractivity contribution is 0.455. The molecule has 4 heteroatoms. The minimum atomic E-state index is 0.365. The molecular weight excluding hydrogens is 200 g/mol. The van der Waals surface area contributed by atoms with E-state index < -0.39 is 0 Å². The lowest BCUT2D eigenvalue weighted by atomic mass is 10.1. The summed E-state index contributed by atoms with van der Waals surface area (Å²) < 4.78 is 1.92. The van der Waals surface area contributed by atoms with Gasteiger partial charge in [0.15, 0.2) is 0 Å². The van der Waals surface area contributed by atoms with Crippen LogP contribution in [-0.2, 0) is 7.05 Å². The molecule has 4 nitrogen and oxygen atoms in total. The van der Waals surface area contributed by atoms with Crippen LogP contribution < -0.4 is 11.1 Å². The van der Waals surface area contributed by atoms with E-state index in [4.69, 9.17) is 5.73 Å². The maximum atomic E-state index is 5.92. The van der Waals surface area contributed by atoms with E-state index in [0.29, 0.717) is 18.1 Å². The quantitative estimate of drug-likeness (QED) is 0.809. The van der Waals surface area contributed by atoms with Crippen molar-refractivity contribution in [3.8, 4) is 0 Å². The first-order valence-corrected chi connectivity index (χ1v) is 6.08. The largest absolute Gasteiger partial charge is 0.328 e. The Balaban J connectivity index is 1.98. The van der Waals surface area contributed by atoms with Gasteiger partial charge in [0.25, 0.3) is 0 Å². The molecule has 1 aromatic rings. The van der Waals surface area contributed by atoms with E-state index in [1.54, 1.807) is 0 Å². The molecule has 0 bridgehead atoms.